The molecule has 3 rings (SSSR count). The molecule has 30 heavy (non-hydrogen) atoms. The molecular formula is C22H21ClFN3O3. The van der Waals surface area contributed by atoms with E-state index in [-0.39, 0.29) is 17.4 Å². The van der Waals surface area contributed by atoms with Gasteiger partial charge in [0.2, 0.25) is 11.8 Å². The highest BCUT2D eigenvalue weighted by atomic mass is 35.5. The number of hydrogen-bond acceptors (Lipinski definition) is 3. The molecule has 2 aromatic carbocycles. The number of amides is 3. The molecule has 2 aromatic rings. The molecule has 2 N–H and O–H groups in total. The molecule has 0 spiro atoms. The number of carbonyl (C=O) groups is 3. The van der Waals surface area contributed by atoms with E-state index in [1.807, 2.05) is 6.07 Å². The Morgan fingerprint density at radius 2 is 1.90 bits per heavy atom. The van der Waals surface area contributed by atoms with Crippen molar-refractivity contribution in [3.05, 3.63) is 71.0 Å². The molecule has 156 valence electrons. The number of piperazine rings is 1. The molecular weight excluding hydrogens is 409 g/mol. The molecule has 0 aliphatic carbocycles. The third-order valence-corrected chi connectivity index (χ3v) is 5.37. The second kappa shape index (κ2) is 8.67. The summed E-state index contributed by atoms with van der Waals surface area (Å²) in [5, 5.41) is 0.401. The van der Waals surface area contributed by atoms with Crippen LogP contribution in [0.15, 0.2) is 49.1 Å². The van der Waals surface area contributed by atoms with Crippen molar-refractivity contribution >= 4 is 29.3 Å². The Kier molecular flexibility index (Phi) is 6.22. The molecule has 0 bridgehead atoms. The number of nitrogens with zero attached hydrogens (tertiary/aromatic N) is 2. The molecule has 1 heterocycles. The number of rotatable bonds is 4. The Hall–Kier alpha value is -3.19. The topological polar surface area (TPSA) is 83.7 Å². The van der Waals surface area contributed by atoms with E-state index in [0.29, 0.717) is 41.3 Å². The minimum absolute atomic E-state index is 0.0856. The zero-order valence-electron chi connectivity index (χ0n) is 16.4. The average Bonchev–Trinajstić information content (AvgIpc) is 2.72. The highest BCUT2D eigenvalue weighted by molar-refractivity contribution is 6.31. The Labute approximate surface area is 178 Å². The summed E-state index contributed by atoms with van der Waals surface area (Å²) < 4.78 is 13.9. The van der Waals surface area contributed by atoms with Crippen molar-refractivity contribution in [2.75, 3.05) is 19.6 Å². The lowest BCUT2D eigenvalue weighted by molar-refractivity contribution is -0.139. The van der Waals surface area contributed by atoms with Crippen LogP contribution in [0.4, 0.5) is 4.39 Å². The molecule has 6 nitrogen and oxygen atoms in total. The third-order valence-electron chi connectivity index (χ3n) is 5.15. The van der Waals surface area contributed by atoms with E-state index in [1.54, 1.807) is 21.9 Å². The maximum Gasteiger partial charge on any atom is 0.251 e. The van der Waals surface area contributed by atoms with Gasteiger partial charge in [0.15, 0.2) is 0 Å². The van der Waals surface area contributed by atoms with Gasteiger partial charge in [-0.2, -0.15) is 0 Å². The van der Waals surface area contributed by atoms with Crippen molar-refractivity contribution in [3.8, 4) is 11.1 Å². The second-order valence-electron chi connectivity index (χ2n) is 7.05. The van der Waals surface area contributed by atoms with E-state index in [9.17, 15) is 18.8 Å². The van der Waals surface area contributed by atoms with Gasteiger partial charge in [0.25, 0.3) is 5.91 Å². The Morgan fingerprint density at radius 1 is 1.17 bits per heavy atom. The van der Waals surface area contributed by atoms with Crippen LogP contribution in [0.2, 0.25) is 5.02 Å². The molecule has 1 aliphatic rings. The predicted molar refractivity (Wildman–Crippen MR) is 112 cm³/mol. The van der Waals surface area contributed by atoms with Crippen LogP contribution in [-0.2, 0) is 9.59 Å². The van der Waals surface area contributed by atoms with Crippen LogP contribution in [0.3, 0.4) is 0 Å². The zero-order valence-corrected chi connectivity index (χ0v) is 17.2. The molecule has 0 unspecified atom stereocenters. The molecule has 1 aliphatic heterocycles. The van der Waals surface area contributed by atoms with E-state index in [4.69, 9.17) is 17.3 Å². The molecule has 0 aromatic heterocycles. The van der Waals surface area contributed by atoms with E-state index in [1.165, 1.54) is 31.2 Å². The monoisotopic (exact) mass is 429 g/mol. The molecule has 1 fully saturated rings. The summed E-state index contributed by atoms with van der Waals surface area (Å²) in [7, 11) is 0. The van der Waals surface area contributed by atoms with Crippen molar-refractivity contribution in [3.63, 3.8) is 0 Å². The number of primary amides is 1. The first kappa shape index (κ1) is 21.5. The van der Waals surface area contributed by atoms with Gasteiger partial charge in [-0.25, -0.2) is 4.39 Å². The standard InChI is InChI=1S/C22H21ClFN3O3/c1-3-21(29)27-7-6-26(13(2)28)12-20(27)16-8-15(9-17(23)10-16)14-4-5-19(24)18(11-14)22(25)30/h3-5,8-11,20H,1,6-7,12H2,2H3,(H2,25,30)/t20-/m0/s1. The fourth-order valence-electron chi connectivity index (χ4n) is 3.60. The molecule has 3 amide bonds. The number of hydrogen-bond donors (Lipinski definition) is 1. The van der Waals surface area contributed by atoms with E-state index in [0.717, 1.165) is 0 Å². The summed E-state index contributed by atoms with van der Waals surface area (Å²) in [6.45, 7) is 6.14. The number of benzene rings is 2. The Morgan fingerprint density at radius 3 is 2.53 bits per heavy atom. The van der Waals surface area contributed by atoms with Crippen molar-refractivity contribution in [1.29, 1.82) is 0 Å². The Bertz CT molecular complexity index is 1040. The van der Waals surface area contributed by atoms with Crippen LogP contribution < -0.4 is 5.73 Å². The molecule has 1 atom stereocenters. The summed E-state index contributed by atoms with van der Waals surface area (Å²) in [6, 6.07) is 8.83. The van der Waals surface area contributed by atoms with Crippen LogP contribution in [0.25, 0.3) is 11.1 Å². The van der Waals surface area contributed by atoms with Gasteiger partial charge >= 0.3 is 0 Å². The SMILES string of the molecule is C=CC(=O)N1CCN(C(C)=O)C[C@H]1c1cc(Cl)cc(-c2ccc(F)c(C(N)=O)c2)c1. The van der Waals surface area contributed by atoms with Crippen LogP contribution in [0.1, 0.15) is 28.9 Å². The Balaban J connectivity index is 2.07. The molecule has 0 saturated carbocycles. The minimum atomic E-state index is -0.872. The lowest BCUT2D eigenvalue weighted by Gasteiger charge is -2.41. The average molecular weight is 430 g/mol. The predicted octanol–water partition coefficient (Wildman–Crippen LogP) is 3.16. The van der Waals surface area contributed by atoms with Gasteiger partial charge in [-0.1, -0.05) is 24.2 Å². The van der Waals surface area contributed by atoms with Gasteiger partial charge in [-0.15, -0.1) is 0 Å². The van der Waals surface area contributed by atoms with Gasteiger partial charge in [-0.05, 0) is 53.1 Å². The van der Waals surface area contributed by atoms with Crippen LogP contribution in [-0.4, -0.2) is 47.2 Å². The summed E-state index contributed by atoms with van der Waals surface area (Å²) in [5.74, 6) is -1.91. The molecule has 1 saturated heterocycles. The minimum Gasteiger partial charge on any atom is -0.366 e. The molecule has 8 heteroatoms. The smallest absolute Gasteiger partial charge is 0.251 e. The highest BCUT2D eigenvalue weighted by Gasteiger charge is 2.32. The fourth-order valence-corrected chi connectivity index (χ4v) is 3.84. The summed E-state index contributed by atoms with van der Waals surface area (Å²) >= 11 is 6.34. The van der Waals surface area contributed by atoms with Crippen molar-refractivity contribution in [2.45, 2.75) is 13.0 Å². The van der Waals surface area contributed by atoms with Gasteiger partial charge < -0.3 is 15.5 Å². The maximum atomic E-state index is 13.9. The van der Waals surface area contributed by atoms with Crippen LogP contribution in [0.5, 0.6) is 0 Å². The van der Waals surface area contributed by atoms with Crippen molar-refractivity contribution in [1.82, 2.24) is 9.80 Å². The van der Waals surface area contributed by atoms with Crippen LogP contribution >= 0.6 is 11.6 Å². The number of nitrogens with two attached hydrogens (primary N) is 1. The maximum absolute atomic E-state index is 13.9. The van der Waals surface area contributed by atoms with Gasteiger partial charge in [0.1, 0.15) is 5.82 Å². The van der Waals surface area contributed by atoms with E-state index < -0.39 is 17.8 Å². The normalized spacial score (nSPS) is 16.3. The fraction of sp³-hybridized carbons (Fsp3) is 0.227. The summed E-state index contributed by atoms with van der Waals surface area (Å²) in [6.07, 6.45) is 1.24. The first-order chi connectivity index (χ1) is 14.2. The molecule has 0 radical (unpaired) electrons. The number of carbonyl (C=O) groups excluding carboxylic acids is 3. The van der Waals surface area contributed by atoms with Crippen LogP contribution in [0, 0.1) is 5.82 Å². The van der Waals surface area contributed by atoms with Gasteiger partial charge in [0.05, 0.1) is 11.6 Å². The number of halogens is 2. The second-order valence-corrected chi connectivity index (χ2v) is 7.49. The van der Waals surface area contributed by atoms with Crippen molar-refractivity contribution in [2.24, 2.45) is 5.73 Å². The van der Waals surface area contributed by atoms with Gasteiger partial charge in [0, 0.05) is 31.6 Å². The van der Waals surface area contributed by atoms with E-state index >= 15 is 0 Å². The van der Waals surface area contributed by atoms with Crippen molar-refractivity contribution < 1.29 is 18.8 Å². The van der Waals surface area contributed by atoms with E-state index in [2.05, 4.69) is 6.58 Å². The largest absolute Gasteiger partial charge is 0.366 e. The first-order valence-corrected chi connectivity index (χ1v) is 9.68. The third kappa shape index (κ3) is 4.36. The summed E-state index contributed by atoms with van der Waals surface area (Å²) in [4.78, 5) is 39.1. The lowest BCUT2D eigenvalue weighted by atomic mass is 9.96. The lowest BCUT2D eigenvalue weighted by Crippen LogP contribution is -2.51. The van der Waals surface area contributed by atoms with Gasteiger partial charge in [-0.3, -0.25) is 14.4 Å². The zero-order chi connectivity index (χ0) is 22.0. The summed E-state index contributed by atoms with van der Waals surface area (Å²) in [5.41, 5.74) is 6.92. The first-order valence-electron chi connectivity index (χ1n) is 9.30. The quantitative estimate of drug-likeness (QED) is 0.758. The highest BCUT2D eigenvalue weighted by Crippen LogP contribution is 2.33.